The summed E-state index contributed by atoms with van der Waals surface area (Å²) in [6, 6.07) is 9.17. The van der Waals surface area contributed by atoms with Crippen molar-refractivity contribution in [2.24, 2.45) is 0 Å². The number of ether oxygens (including phenoxy) is 1. The average Bonchev–Trinajstić information content (AvgIpc) is 3.33. The van der Waals surface area contributed by atoms with Crippen LogP contribution in [0.5, 0.6) is 5.75 Å². The summed E-state index contributed by atoms with van der Waals surface area (Å²) < 4.78 is 45.4. The molecule has 2 aromatic carbocycles. The van der Waals surface area contributed by atoms with Gasteiger partial charge in [0.2, 0.25) is 0 Å². The number of carbonyl (C=O) groups is 2. The van der Waals surface area contributed by atoms with E-state index in [0.717, 1.165) is 23.1 Å². The number of alkyl halides is 3. The summed E-state index contributed by atoms with van der Waals surface area (Å²) >= 11 is 7.30. The minimum atomic E-state index is -4.65. The number of nitrogens with zero attached hydrogens (tertiary/aromatic N) is 1. The topological polar surface area (TPSA) is 66.8 Å². The Morgan fingerprint density at radius 3 is 2.50 bits per heavy atom. The molecule has 1 aliphatic rings. The van der Waals surface area contributed by atoms with E-state index in [4.69, 9.17) is 16.3 Å². The quantitative estimate of drug-likeness (QED) is 0.253. The highest BCUT2D eigenvalue weighted by Gasteiger charge is 2.48. The molecule has 0 radical (unpaired) electrons. The van der Waals surface area contributed by atoms with Gasteiger partial charge in [-0.1, -0.05) is 17.7 Å². The Morgan fingerprint density at radius 1 is 1.15 bits per heavy atom. The normalized spacial score (nSPS) is 17.9. The molecule has 0 spiro atoms. The second-order valence-electron chi connectivity index (χ2n) is 7.53. The fourth-order valence-corrected chi connectivity index (χ4v) is 5.05. The minimum absolute atomic E-state index is 0.0799. The molecule has 0 saturated carbocycles. The molecule has 1 aromatic heterocycles. The number of Topliss-reactive ketones (excluding diaryl/α,β-unsaturated/α-hetero) is 1. The van der Waals surface area contributed by atoms with Crippen molar-refractivity contribution < 1.29 is 32.6 Å². The summed E-state index contributed by atoms with van der Waals surface area (Å²) in [4.78, 5) is 27.8. The SMILES string of the molecule is COc1ccc(Cl)cc1/C(O)=C1/C(=O)C(=O)N(c2cccc(C(F)(F)F)c2)C1c1sccc1C. The predicted molar refractivity (Wildman–Crippen MR) is 123 cm³/mol. The molecular formula is C24H17ClF3NO4S. The van der Waals surface area contributed by atoms with Crippen LogP contribution in [-0.2, 0) is 15.8 Å². The standard InChI is InChI=1S/C24H17ClF3NO4S/c1-12-8-9-34-22(12)19-18(20(30)16-11-14(25)6-7-17(16)33-2)21(31)23(32)29(19)15-5-3-4-13(10-15)24(26,27)28/h3-11,19,30H,1-2H3/b20-18-. The first kappa shape index (κ1) is 23.8. The van der Waals surface area contributed by atoms with Crippen LogP contribution >= 0.6 is 22.9 Å². The predicted octanol–water partition coefficient (Wildman–Crippen LogP) is 6.36. The first-order valence-corrected chi connectivity index (χ1v) is 11.2. The fraction of sp³-hybridized carbons (Fsp3) is 0.167. The summed E-state index contributed by atoms with van der Waals surface area (Å²) in [5, 5.41) is 13.2. The van der Waals surface area contributed by atoms with Crippen LogP contribution in [0.15, 0.2) is 59.5 Å². The van der Waals surface area contributed by atoms with Crippen LogP contribution in [-0.4, -0.2) is 23.9 Å². The highest BCUT2D eigenvalue weighted by molar-refractivity contribution is 7.10. The van der Waals surface area contributed by atoms with Gasteiger partial charge in [-0.15, -0.1) is 11.3 Å². The van der Waals surface area contributed by atoms with E-state index in [2.05, 4.69) is 0 Å². The van der Waals surface area contributed by atoms with Gasteiger partial charge in [0.15, 0.2) is 0 Å². The maximum atomic E-state index is 13.4. The number of aliphatic hydroxyl groups excluding tert-OH is 1. The summed E-state index contributed by atoms with van der Waals surface area (Å²) in [6.45, 7) is 1.75. The van der Waals surface area contributed by atoms with Crippen LogP contribution in [0.3, 0.4) is 0 Å². The van der Waals surface area contributed by atoms with Crippen LogP contribution in [0, 0.1) is 6.92 Å². The number of anilines is 1. The Kier molecular flexibility index (Phi) is 6.18. The first-order chi connectivity index (χ1) is 16.0. The van der Waals surface area contributed by atoms with Gasteiger partial charge in [0.1, 0.15) is 17.6 Å². The number of aliphatic hydroxyl groups is 1. The molecule has 1 atom stereocenters. The van der Waals surface area contributed by atoms with Gasteiger partial charge in [0, 0.05) is 15.6 Å². The molecule has 1 amide bonds. The summed E-state index contributed by atoms with van der Waals surface area (Å²) in [5.74, 6) is -2.42. The van der Waals surface area contributed by atoms with E-state index in [9.17, 15) is 27.9 Å². The zero-order valence-electron chi connectivity index (χ0n) is 17.8. The lowest BCUT2D eigenvalue weighted by molar-refractivity contribution is -0.137. The number of benzene rings is 2. The van der Waals surface area contributed by atoms with Crippen molar-refractivity contribution in [3.63, 3.8) is 0 Å². The molecule has 10 heteroatoms. The number of methoxy groups -OCH3 is 1. The number of hydrogen-bond donors (Lipinski definition) is 1. The zero-order chi connectivity index (χ0) is 24.8. The van der Waals surface area contributed by atoms with E-state index >= 15 is 0 Å². The molecule has 1 aliphatic heterocycles. The van der Waals surface area contributed by atoms with Gasteiger partial charge < -0.3 is 9.84 Å². The first-order valence-electron chi connectivity index (χ1n) is 9.90. The Hall–Kier alpha value is -3.30. The molecule has 1 N–H and O–H groups in total. The third-order valence-corrected chi connectivity index (χ3v) is 6.77. The monoisotopic (exact) mass is 507 g/mol. The van der Waals surface area contributed by atoms with Crippen LogP contribution in [0.4, 0.5) is 18.9 Å². The number of aryl methyl sites for hydroxylation is 1. The van der Waals surface area contributed by atoms with Crippen molar-refractivity contribution in [2.45, 2.75) is 19.1 Å². The van der Waals surface area contributed by atoms with E-state index in [1.807, 2.05) is 0 Å². The lowest BCUT2D eigenvalue weighted by Gasteiger charge is -2.25. The van der Waals surface area contributed by atoms with Gasteiger partial charge in [-0.3, -0.25) is 14.5 Å². The van der Waals surface area contributed by atoms with Crippen molar-refractivity contribution in [3.05, 3.63) is 86.1 Å². The maximum Gasteiger partial charge on any atom is 0.416 e. The number of rotatable bonds is 4. The molecule has 1 saturated heterocycles. The summed E-state index contributed by atoms with van der Waals surface area (Å²) in [7, 11) is 1.36. The maximum absolute atomic E-state index is 13.4. The molecule has 176 valence electrons. The van der Waals surface area contributed by atoms with Gasteiger partial charge in [-0.25, -0.2) is 0 Å². The second kappa shape index (κ2) is 8.81. The van der Waals surface area contributed by atoms with Gasteiger partial charge >= 0.3 is 6.18 Å². The summed E-state index contributed by atoms with van der Waals surface area (Å²) in [6.07, 6.45) is -4.65. The van der Waals surface area contributed by atoms with Crippen molar-refractivity contribution in [1.29, 1.82) is 0 Å². The second-order valence-corrected chi connectivity index (χ2v) is 8.91. The van der Waals surface area contributed by atoms with E-state index < -0.39 is 35.2 Å². The molecule has 4 rings (SSSR count). The largest absolute Gasteiger partial charge is 0.507 e. The van der Waals surface area contributed by atoms with Gasteiger partial charge in [-0.2, -0.15) is 13.2 Å². The molecule has 5 nitrogen and oxygen atoms in total. The van der Waals surface area contributed by atoms with Crippen LogP contribution in [0.25, 0.3) is 5.76 Å². The molecule has 1 fully saturated rings. The highest BCUT2D eigenvalue weighted by Crippen LogP contribution is 2.46. The number of halogens is 4. The molecule has 3 aromatic rings. The van der Waals surface area contributed by atoms with E-state index in [-0.39, 0.29) is 27.6 Å². The number of thiophene rings is 1. The number of hydrogen-bond acceptors (Lipinski definition) is 5. The Labute approximate surface area is 201 Å². The number of carbonyl (C=O) groups excluding carboxylic acids is 2. The van der Waals surface area contributed by atoms with E-state index in [1.165, 1.54) is 42.7 Å². The molecule has 0 bridgehead atoms. The van der Waals surface area contributed by atoms with Crippen molar-refractivity contribution >= 4 is 46.1 Å². The van der Waals surface area contributed by atoms with Crippen molar-refractivity contribution in [1.82, 2.24) is 0 Å². The van der Waals surface area contributed by atoms with Crippen LogP contribution in [0.1, 0.15) is 27.6 Å². The van der Waals surface area contributed by atoms with Crippen LogP contribution < -0.4 is 9.64 Å². The van der Waals surface area contributed by atoms with Crippen molar-refractivity contribution in [3.8, 4) is 5.75 Å². The van der Waals surface area contributed by atoms with Crippen LogP contribution in [0.2, 0.25) is 5.02 Å². The van der Waals surface area contributed by atoms with Gasteiger partial charge in [0.25, 0.3) is 11.7 Å². The Balaban J connectivity index is 1.99. The zero-order valence-corrected chi connectivity index (χ0v) is 19.4. The third kappa shape index (κ3) is 4.05. The lowest BCUT2D eigenvalue weighted by atomic mass is 9.97. The Morgan fingerprint density at radius 2 is 1.88 bits per heavy atom. The van der Waals surface area contributed by atoms with Gasteiger partial charge in [0.05, 0.1) is 23.8 Å². The lowest BCUT2D eigenvalue weighted by Crippen LogP contribution is -2.29. The van der Waals surface area contributed by atoms with Crippen molar-refractivity contribution in [2.75, 3.05) is 12.0 Å². The number of ketones is 1. The van der Waals surface area contributed by atoms with E-state index in [0.29, 0.717) is 10.4 Å². The third-order valence-electron chi connectivity index (χ3n) is 5.46. The average molecular weight is 508 g/mol. The molecular weight excluding hydrogens is 491 g/mol. The molecule has 0 aliphatic carbocycles. The summed E-state index contributed by atoms with van der Waals surface area (Å²) in [5.41, 5.74) is -0.570. The molecule has 34 heavy (non-hydrogen) atoms. The van der Waals surface area contributed by atoms with E-state index in [1.54, 1.807) is 18.4 Å². The minimum Gasteiger partial charge on any atom is -0.507 e. The molecule has 2 heterocycles. The Bertz CT molecular complexity index is 1330. The number of amides is 1. The molecule has 1 unspecified atom stereocenters. The highest BCUT2D eigenvalue weighted by atomic mass is 35.5. The smallest absolute Gasteiger partial charge is 0.416 e. The fourth-order valence-electron chi connectivity index (χ4n) is 3.85. The van der Waals surface area contributed by atoms with Gasteiger partial charge in [-0.05, 0) is 60.3 Å².